The van der Waals surface area contributed by atoms with Gasteiger partial charge in [-0.1, -0.05) is 17.7 Å². The molecule has 1 aliphatic heterocycles. The van der Waals surface area contributed by atoms with E-state index in [1.807, 2.05) is 19.1 Å². The first-order valence-corrected chi connectivity index (χ1v) is 7.35. The summed E-state index contributed by atoms with van der Waals surface area (Å²) in [5.41, 5.74) is 2.33. The Kier molecular flexibility index (Phi) is 7.54. The Morgan fingerprint density at radius 1 is 1.43 bits per heavy atom. The average Bonchev–Trinajstić information content (AvgIpc) is 2.42. The SMILES string of the molecule is Cc1ccc(OCCC(=O)NC2CCCNC2)c(C)c1.Cl. The van der Waals surface area contributed by atoms with Crippen LogP contribution in [0.15, 0.2) is 18.2 Å². The molecule has 0 radical (unpaired) electrons. The minimum atomic E-state index is 0. The van der Waals surface area contributed by atoms with Crippen molar-refractivity contribution >= 4 is 18.3 Å². The number of nitrogens with one attached hydrogen (secondary N) is 2. The summed E-state index contributed by atoms with van der Waals surface area (Å²) in [6.45, 7) is 6.44. The average molecular weight is 313 g/mol. The van der Waals surface area contributed by atoms with Gasteiger partial charge in [0.2, 0.25) is 5.91 Å². The van der Waals surface area contributed by atoms with Crippen LogP contribution in [-0.4, -0.2) is 31.6 Å². The third-order valence-corrected chi connectivity index (χ3v) is 3.58. The highest BCUT2D eigenvalue weighted by atomic mass is 35.5. The van der Waals surface area contributed by atoms with Crippen molar-refractivity contribution in [2.75, 3.05) is 19.7 Å². The third-order valence-electron chi connectivity index (χ3n) is 3.58. The van der Waals surface area contributed by atoms with E-state index >= 15 is 0 Å². The molecule has 1 heterocycles. The van der Waals surface area contributed by atoms with Crippen molar-refractivity contribution in [3.05, 3.63) is 29.3 Å². The molecule has 21 heavy (non-hydrogen) atoms. The molecule has 0 bridgehead atoms. The molecule has 1 aromatic rings. The molecule has 1 unspecified atom stereocenters. The molecule has 2 N–H and O–H groups in total. The Morgan fingerprint density at radius 3 is 2.90 bits per heavy atom. The summed E-state index contributed by atoms with van der Waals surface area (Å²) in [6, 6.07) is 6.35. The van der Waals surface area contributed by atoms with Crippen LogP contribution in [0.5, 0.6) is 5.75 Å². The van der Waals surface area contributed by atoms with Gasteiger partial charge in [0.25, 0.3) is 0 Å². The number of aryl methyl sites for hydroxylation is 2. The summed E-state index contributed by atoms with van der Waals surface area (Å²) >= 11 is 0. The van der Waals surface area contributed by atoms with Crippen molar-refractivity contribution in [3.63, 3.8) is 0 Å². The summed E-state index contributed by atoms with van der Waals surface area (Å²) in [7, 11) is 0. The molecule has 1 atom stereocenters. The molecule has 0 saturated carbocycles. The number of carbonyl (C=O) groups is 1. The van der Waals surface area contributed by atoms with E-state index in [4.69, 9.17) is 4.74 Å². The van der Waals surface area contributed by atoms with Crippen molar-refractivity contribution < 1.29 is 9.53 Å². The van der Waals surface area contributed by atoms with Crippen LogP contribution in [0, 0.1) is 13.8 Å². The van der Waals surface area contributed by atoms with E-state index in [2.05, 4.69) is 23.6 Å². The van der Waals surface area contributed by atoms with Gasteiger partial charge in [-0.05, 0) is 44.9 Å². The third kappa shape index (κ3) is 5.94. The van der Waals surface area contributed by atoms with Gasteiger partial charge in [0.15, 0.2) is 0 Å². The highest BCUT2D eigenvalue weighted by molar-refractivity contribution is 5.85. The van der Waals surface area contributed by atoms with Crippen LogP contribution in [-0.2, 0) is 4.79 Å². The van der Waals surface area contributed by atoms with E-state index in [1.165, 1.54) is 5.56 Å². The fraction of sp³-hybridized carbons (Fsp3) is 0.562. The monoisotopic (exact) mass is 312 g/mol. The smallest absolute Gasteiger partial charge is 0.223 e. The van der Waals surface area contributed by atoms with Crippen LogP contribution in [0.3, 0.4) is 0 Å². The second-order valence-electron chi connectivity index (χ2n) is 5.48. The summed E-state index contributed by atoms with van der Waals surface area (Å²) < 4.78 is 5.68. The van der Waals surface area contributed by atoms with Crippen molar-refractivity contribution in [1.29, 1.82) is 0 Å². The number of hydrogen-bond acceptors (Lipinski definition) is 3. The number of benzene rings is 1. The molecule has 1 saturated heterocycles. The zero-order chi connectivity index (χ0) is 14.4. The van der Waals surface area contributed by atoms with Gasteiger partial charge in [-0.3, -0.25) is 4.79 Å². The van der Waals surface area contributed by atoms with Crippen LogP contribution in [0.4, 0.5) is 0 Å². The molecule has 1 aliphatic rings. The fourth-order valence-electron chi connectivity index (χ4n) is 2.49. The molecule has 118 valence electrons. The first kappa shape index (κ1) is 17.8. The molecule has 2 rings (SSSR count). The van der Waals surface area contributed by atoms with Gasteiger partial charge in [0.05, 0.1) is 13.0 Å². The maximum atomic E-state index is 11.8. The maximum absolute atomic E-state index is 11.8. The number of amides is 1. The van der Waals surface area contributed by atoms with Crippen LogP contribution < -0.4 is 15.4 Å². The lowest BCUT2D eigenvalue weighted by Crippen LogP contribution is -2.45. The van der Waals surface area contributed by atoms with Crippen molar-refractivity contribution in [2.45, 2.75) is 39.2 Å². The summed E-state index contributed by atoms with van der Waals surface area (Å²) in [5, 5.41) is 6.34. The van der Waals surface area contributed by atoms with Crippen molar-refractivity contribution in [1.82, 2.24) is 10.6 Å². The molecule has 0 spiro atoms. The highest BCUT2D eigenvalue weighted by Crippen LogP contribution is 2.18. The van der Waals surface area contributed by atoms with Gasteiger partial charge < -0.3 is 15.4 Å². The lowest BCUT2D eigenvalue weighted by atomic mass is 10.1. The Balaban J connectivity index is 0.00000220. The standard InChI is InChI=1S/C16H24N2O2.ClH/c1-12-5-6-15(13(2)10-12)20-9-7-16(19)18-14-4-3-8-17-11-14;/h5-6,10,14,17H,3-4,7-9,11H2,1-2H3,(H,18,19);1H. The predicted molar refractivity (Wildman–Crippen MR) is 87.3 cm³/mol. The number of piperidine rings is 1. The van der Waals surface area contributed by atoms with Crippen LogP contribution in [0.25, 0.3) is 0 Å². The van der Waals surface area contributed by atoms with Crippen molar-refractivity contribution in [3.8, 4) is 5.75 Å². The topological polar surface area (TPSA) is 50.4 Å². The van der Waals surface area contributed by atoms with Crippen molar-refractivity contribution in [2.24, 2.45) is 0 Å². The van der Waals surface area contributed by atoms with Gasteiger partial charge in [-0.15, -0.1) is 12.4 Å². The van der Waals surface area contributed by atoms with Gasteiger partial charge in [0.1, 0.15) is 5.75 Å². The zero-order valence-corrected chi connectivity index (χ0v) is 13.6. The Hall–Kier alpha value is -1.26. The van der Waals surface area contributed by atoms with Crippen LogP contribution in [0.2, 0.25) is 0 Å². The van der Waals surface area contributed by atoms with E-state index < -0.39 is 0 Å². The lowest BCUT2D eigenvalue weighted by Gasteiger charge is -2.23. The summed E-state index contributed by atoms with van der Waals surface area (Å²) in [6.07, 6.45) is 2.60. The Labute approximate surface area is 133 Å². The van der Waals surface area contributed by atoms with Gasteiger partial charge >= 0.3 is 0 Å². The molecule has 5 heteroatoms. The van der Waals surface area contributed by atoms with E-state index in [9.17, 15) is 4.79 Å². The first-order chi connectivity index (χ1) is 9.65. The summed E-state index contributed by atoms with van der Waals surface area (Å²) in [4.78, 5) is 11.8. The second kappa shape index (κ2) is 8.90. The first-order valence-electron chi connectivity index (χ1n) is 7.35. The molecule has 0 aromatic heterocycles. The van der Waals surface area contributed by atoms with Gasteiger partial charge in [-0.2, -0.15) is 0 Å². The minimum Gasteiger partial charge on any atom is -0.493 e. The molecule has 1 aromatic carbocycles. The largest absolute Gasteiger partial charge is 0.493 e. The predicted octanol–water partition coefficient (Wildman–Crippen LogP) is 2.36. The van der Waals surface area contributed by atoms with E-state index in [1.54, 1.807) is 0 Å². The number of rotatable bonds is 5. The summed E-state index contributed by atoms with van der Waals surface area (Å²) in [5.74, 6) is 0.936. The maximum Gasteiger partial charge on any atom is 0.223 e. The second-order valence-corrected chi connectivity index (χ2v) is 5.48. The highest BCUT2D eigenvalue weighted by Gasteiger charge is 2.15. The number of ether oxygens (including phenoxy) is 1. The molecule has 4 nitrogen and oxygen atoms in total. The number of carbonyl (C=O) groups excluding carboxylic acids is 1. The molecule has 1 fully saturated rings. The molecular formula is C16H25ClN2O2. The normalized spacial score (nSPS) is 17.7. The van der Waals surface area contributed by atoms with Crippen LogP contribution >= 0.6 is 12.4 Å². The molecular weight excluding hydrogens is 288 g/mol. The van der Waals surface area contributed by atoms with E-state index in [-0.39, 0.29) is 24.4 Å². The zero-order valence-electron chi connectivity index (χ0n) is 12.8. The minimum absolute atomic E-state index is 0. The lowest BCUT2D eigenvalue weighted by molar-refractivity contribution is -0.122. The van der Waals surface area contributed by atoms with E-state index in [0.29, 0.717) is 13.0 Å². The Bertz CT molecular complexity index is 460. The fourth-order valence-corrected chi connectivity index (χ4v) is 2.49. The number of hydrogen-bond donors (Lipinski definition) is 2. The van der Waals surface area contributed by atoms with Gasteiger partial charge in [0, 0.05) is 12.6 Å². The molecule has 0 aliphatic carbocycles. The molecule has 1 amide bonds. The van der Waals surface area contributed by atoms with Gasteiger partial charge in [-0.25, -0.2) is 0 Å². The van der Waals surface area contributed by atoms with Crippen LogP contribution in [0.1, 0.15) is 30.4 Å². The Morgan fingerprint density at radius 2 is 2.24 bits per heavy atom. The quantitative estimate of drug-likeness (QED) is 0.877. The number of halogens is 1. The van der Waals surface area contributed by atoms with E-state index in [0.717, 1.165) is 37.2 Å².